The fourth-order valence-electron chi connectivity index (χ4n) is 4.30. The van der Waals surface area contributed by atoms with Crippen LogP contribution in [0, 0.1) is 11.7 Å². The second-order valence-corrected chi connectivity index (χ2v) is 8.38. The SMILES string of the molecule is Fc1cccc(COCCC2CCN(c3cncc(OC[C@@H]4CCCN4)c3)CC2)c1. The van der Waals surface area contributed by atoms with Gasteiger partial charge in [-0.1, -0.05) is 12.1 Å². The standard InChI is InChI=1S/C24H32FN3O2/c25-21-4-1-3-20(13-21)17-29-12-8-19-6-10-28(11-7-19)23-14-24(16-26-15-23)30-18-22-5-2-9-27-22/h1,3-4,13-16,19,22,27H,2,5-12,17-18H2/t22-/m0/s1. The first-order valence-corrected chi connectivity index (χ1v) is 11.1. The van der Waals surface area contributed by atoms with Crippen LogP contribution >= 0.6 is 0 Å². The predicted octanol–water partition coefficient (Wildman–Crippen LogP) is 4.17. The van der Waals surface area contributed by atoms with Gasteiger partial charge in [0.05, 0.1) is 24.7 Å². The number of hydrogen-bond donors (Lipinski definition) is 1. The topological polar surface area (TPSA) is 46.6 Å². The molecule has 2 aliphatic rings. The lowest BCUT2D eigenvalue weighted by Gasteiger charge is -2.33. The van der Waals surface area contributed by atoms with E-state index in [1.165, 1.54) is 25.0 Å². The van der Waals surface area contributed by atoms with Crippen LogP contribution in [0.2, 0.25) is 0 Å². The largest absolute Gasteiger partial charge is 0.490 e. The lowest BCUT2D eigenvalue weighted by atomic mass is 9.94. The number of anilines is 1. The van der Waals surface area contributed by atoms with Crippen LogP contribution in [0.4, 0.5) is 10.1 Å². The van der Waals surface area contributed by atoms with Gasteiger partial charge in [-0.3, -0.25) is 4.98 Å². The highest BCUT2D eigenvalue weighted by Crippen LogP contribution is 2.27. The van der Waals surface area contributed by atoms with Crippen molar-refractivity contribution in [2.24, 2.45) is 5.92 Å². The molecule has 1 atom stereocenters. The quantitative estimate of drug-likeness (QED) is 0.625. The monoisotopic (exact) mass is 413 g/mol. The highest BCUT2D eigenvalue weighted by Gasteiger charge is 2.20. The van der Waals surface area contributed by atoms with E-state index in [2.05, 4.69) is 21.3 Å². The summed E-state index contributed by atoms with van der Waals surface area (Å²) in [6.45, 7) is 5.07. The Morgan fingerprint density at radius 1 is 1.13 bits per heavy atom. The summed E-state index contributed by atoms with van der Waals surface area (Å²) in [6.07, 6.45) is 9.52. The zero-order valence-electron chi connectivity index (χ0n) is 17.6. The van der Waals surface area contributed by atoms with Gasteiger partial charge in [-0.15, -0.1) is 0 Å². The summed E-state index contributed by atoms with van der Waals surface area (Å²) in [6, 6.07) is 9.20. The molecule has 6 heteroatoms. The number of benzene rings is 1. The molecular formula is C24H32FN3O2. The normalized spacial score (nSPS) is 19.9. The molecule has 2 aliphatic heterocycles. The molecule has 1 N–H and O–H groups in total. The summed E-state index contributed by atoms with van der Waals surface area (Å²) < 4.78 is 24.9. The molecule has 4 rings (SSSR count). The lowest BCUT2D eigenvalue weighted by Crippen LogP contribution is -2.34. The Morgan fingerprint density at radius 2 is 2.03 bits per heavy atom. The van der Waals surface area contributed by atoms with Crippen molar-refractivity contribution in [3.8, 4) is 5.75 Å². The first-order chi connectivity index (χ1) is 14.8. The van der Waals surface area contributed by atoms with Crippen molar-refractivity contribution >= 4 is 5.69 Å². The molecule has 5 nitrogen and oxygen atoms in total. The van der Waals surface area contributed by atoms with E-state index in [1.807, 2.05) is 12.3 Å². The van der Waals surface area contributed by atoms with Crippen molar-refractivity contribution in [3.05, 3.63) is 54.1 Å². The van der Waals surface area contributed by atoms with Gasteiger partial charge < -0.3 is 19.7 Å². The molecule has 0 saturated carbocycles. The van der Waals surface area contributed by atoms with Crippen molar-refractivity contribution in [3.63, 3.8) is 0 Å². The molecule has 2 aromatic rings. The van der Waals surface area contributed by atoms with Crippen LogP contribution in [0.3, 0.4) is 0 Å². The number of nitrogens with one attached hydrogen (secondary N) is 1. The van der Waals surface area contributed by atoms with Crippen molar-refractivity contribution in [2.45, 2.75) is 44.8 Å². The number of nitrogens with zero attached hydrogens (tertiary/aromatic N) is 2. The van der Waals surface area contributed by atoms with E-state index in [0.29, 0.717) is 25.2 Å². The van der Waals surface area contributed by atoms with Gasteiger partial charge in [-0.2, -0.15) is 0 Å². The summed E-state index contributed by atoms with van der Waals surface area (Å²) in [7, 11) is 0. The Labute approximate surface area is 178 Å². The van der Waals surface area contributed by atoms with E-state index in [-0.39, 0.29) is 5.82 Å². The van der Waals surface area contributed by atoms with Crippen LogP contribution in [0.25, 0.3) is 0 Å². The van der Waals surface area contributed by atoms with Crippen LogP contribution < -0.4 is 15.0 Å². The first-order valence-electron chi connectivity index (χ1n) is 11.1. The number of hydrogen-bond acceptors (Lipinski definition) is 5. The molecule has 1 aromatic carbocycles. The molecule has 162 valence electrons. The Balaban J connectivity index is 1.16. The van der Waals surface area contributed by atoms with Gasteiger partial charge >= 0.3 is 0 Å². The Bertz CT molecular complexity index is 790. The molecule has 3 heterocycles. The number of rotatable bonds is 9. The maximum absolute atomic E-state index is 13.2. The zero-order valence-corrected chi connectivity index (χ0v) is 17.6. The van der Waals surface area contributed by atoms with Crippen LogP contribution in [0.1, 0.15) is 37.7 Å². The summed E-state index contributed by atoms with van der Waals surface area (Å²) in [4.78, 5) is 6.79. The molecule has 0 aliphatic carbocycles. The average Bonchev–Trinajstić information content (AvgIpc) is 3.30. The molecule has 0 spiro atoms. The maximum atomic E-state index is 13.2. The van der Waals surface area contributed by atoms with Crippen molar-refractivity contribution in [1.29, 1.82) is 0 Å². The summed E-state index contributed by atoms with van der Waals surface area (Å²) in [5, 5.41) is 3.46. The zero-order chi connectivity index (χ0) is 20.6. The van der Waals surface area contributed by atoms with Gasteiger partial charge in [0.2, 0.25) is 0 Å². The van der Waals surface area contributed by atoms with E-state index in [0.717, 1.165) is 62.5 Å². The first kappa shape index (κ1) is 21.1. The fraction of sp³-hybridized carbons (Fsp3) is 0.542. The molecule has 0 radical (unpaired) electrons. The van der Waals surface area contributed by atoms with Gasteiger partial charge in [0.15, 0.2) is 0 Å². The average molecular weight is 414 g/mol. The molecule has 0 unspecified atom stereocenters. The van der Waals surface area contributed by atoms with E-state index in [1.54, 1.807) is 12.3 Å². The number of ether oxygens (including phenoxy) is 2. The van der Waals surface area contributed by atoms with Crippen LogP contribution in [0.15, 0.2) is 42.7 Å². The van der Waals surface area contributed by atoms with Crippen LogP contribution in [-0.4, -0.2) is 43.9 Å². The fourth-order valence-corrected chi connectivity index (χ4v) is 4.30. The van der Waals surface area contributed by atoms with Crippen molar-refractivity contribution in [2.75, 3.05) is 37.7 Å². The van der Waals surface area contributed by atoms with Crippen LogP contribution in [0.5, 0.6) is 5.75 Å². The molecular weight excluding hydrogens is 381 g/mol. The minimum absolute atomic E-state index is 0.206. The van der Waals surface area contributed by atoms with Crippen molar-refractivity contribution < 1.29 is 13.9 Å². The summed E-state index contributed by atoms with van der Waals surface area (Å²) in [5.74, 6) is 1.33. The highest BCUT2D eigenvalue weighted by atomic mass is 19.1. The molecule has 30 heavy (non-hydrogen) atoms. The lowest BCUT2D eigenvalue weighted by molar-refractivity contribution is 0.103. The van der Waals surface area contributed by atoms with Crippen molar-refractivity contribution in [1.82, 2.24) is 10.3 Å². The van der Waals surface area contributed by atoms with Gasteiger partial charge in [0.25, 0.3) is 0 Å². The minimum atomic E-state index is -0.206. The molecule has 2 fully saturated rings. The number of piperidine rings is 1. The second-order valence-electron chi connectivity index (χ2n) is 8.38. The predicted molar refractivity (Wildman–Crippen MR) is 116 cm³/mol. The Morgan fingerprint density at radius 3 is 2.83 bits per heavy atom. The highest BCUT2D eigenvalue weighted by molar-refractivity contribution is 5.48. The Hall–Kier alpha value is -2.18. The van der Waals surface area contributed by atoms with Gasteiger partial charge in [0, 0.05) is 31.8 Å². The third kappa shape index (κ3) is 6.16. The number of halogens is 1. The van der Waals surface area contributed by atoms with E-state index in [4.69, 9.17) is 9.47 Å². The third-order valence-electron chi connectivity index (χ3n) is 6.12. The van der Waals surface area contributed by atoms with E-state index < -0.39 is 0 Å². The summed E-state index contributed by atoms with van der Waals surface area (Å²) >= 11 is 0. The van der Waals surface area contributed by atoms with E-state index in [9.17, 15) is 4.39 Å². The Kier molecular flexibility index (Phi) is 7.54. The maximum Gasteiger partial charge on any atom is 0.139 e. The van der Waals surface area contributed by atoms with Gasteiger partial charge in [0.1, 0.15) is 18.2 Å². The van der Waals surface area contributed by atoms with E-state index >= 15 is 0 Å². The number of aromatic nitrogens is 1. The number of pyridine rings is 1. The molecule has 0 bridgehead atoms. The van der Waals surface area contributed by atoms with Gasteiger partial charge in [-0.25, -0.2) is 4.39 Å². The minimum Gasteiger partial charge on any atom is -0.490 e. The molecule has 2 saturated heterocycles. The third-order valence-corrected chi connectivity index (χ3v) is 6.12. The van der Waals surface area contributed by atoms with Crippen LogP contribution in [-0.2, 0) is 11.3 Å². The molecule has 0 amide bonds. The molecule has 1 aromatic heterocycles. The summed E-state index contributed by atoms with van der Waals surface area (Å²) in [5.41, 5.74) is 2.04. The van der Waals surface area contributed by atoms with Gasteiger partial charge in [-0.05, 0) is 62.3 Å². The smallest absolute Gasteiger partial charge is 0.139 e. The second kappa shape index (κ2) is 10.7.